The molecule has 1 heterocycles. The lowest BCUT2D eigenvalue weighted by atomic mass is 10.1. The van der Waals surface area contributed by atoms with Crippen molar-refractivity contribution in [2.24, 2.45) is 11.5 Å². The van der Waals surface area contributed by atoms with E-state index in [1.54, 1.807) is 11.7 Å². The normalized spacial score (nSPS) is 12.3. The average molecular weight is 374 g/mol. The van der Waals surface area contributed by atoms with Crippen LogP contribution in [0, 0.1) is 5.41 Å². The number of guanidine groups is 1. The second-order valence-corrected chi connectivity index (χ2v) is 6.89. The molecule has 0 aliphatic heterocycles. The Bertz CT molecular complexity index is 799. The first-order chi connectivity index (χ1) is 12.8. The molecule has 148 valence electrons. The van der Waals surface area contributed by atoms with Gasteiger partial charge < -0.3 is 26.4 Å². The Morgan fingerprint density at radius 3 is 2.78 bits per heavy atom. The second kappa shape index (κ2) is 9.38. The summed E-state index contributed by atoms with van der Waals surface area (Å²) in [6.07, 6.45) is 3.90. The predicted octanol–water partition coefficient (Wildman–Crippen LogP) is 0.985. The molecule has 0 aliphatic carbocycles. The second-order valence-electron chi connectivity index (χ2n) is 6.89. The van der Waals surface area contributed by atoms with E-state index in [-0.39, 0.29) is 11.9 Å². The van der Waals surface area contributed by atoms with E-state index in [2.05, 4.69) is 10.2 Å². The molecule has 8 heteroatoms. The van der Waals surface area contributed by atoms with Gasteiger partial charge in [0.1, 0.15) is 5.75 Å². The maximum atomic E-state index is 12.9. The van der Waals surface area contributed by atoms with E-state index in [4.69, 9.17) is 21.6 Å². The Morgan fingerprint density at radius 2 is 2.15 bits per heavy atom. The van der Waals surface area contributed by atoms with Crippen molar-refractivity contribution in [2.75, 3.05) is 34.3 Å². The molecule has 2 aromatic rings. The van der Waals surface area contributed by atoms with Crippen LogP contribution in [-0.2, 0) is 6.42 Å². The first-order valence-electron chi connectivity index (χ1n) is 9.04. The summed E-state index contributed by atoms with van der Waals surface area (Å²) in [4.78, 5) is 15.1. The number of carbonyl (C=O) groups excluding carboxylic acids is 1. The third-order valence-electron chi connectivity index (χ3n) is 4.49. The molecule has 0 spiro atoms. The molecule has 0 saturated heterocycles. The van der Waals surface area contributed by atoms with Gasteiger partial charge in [0.25, 0.3) is 0 Å². The lowest BCUT2D eigenvalue weighted by molar-refractivity contribution is 0.0879. The number of likely N-dealkylation sites (N-methyl/N-ethyl adjacent to an activating group) is 1. The predicted molar refractivity (Wildman–Crippen MR) is 109 cm³/mol. The number of nitrogens with two attached hydrogens (primary N) is 2. The van der Waals surface area contributed by atoms with Gasteiger partial charge in [0.2, 0.25) is 5.91 Å². The highest BCUT2D eigenvalue weighted by Gasteiger charge is 2.20. The summed E-state index contributed by atoms with van der Waals surface area (Å²) < 4.78 is 6.97. The zero-order valence-electron chi connectivity index (χ0n) is 16.3. The Morgan fingerprint density at radius 1 is 1.41 bits per heavy atom. The molecule has 0 radical (unpaired) electrons. The van der Waals surface area contributed by atoms with E-state index in [1.807, 2.05) is 38.5 Å². The molecule has 0 saturated carbocycles. The molecule has 1 aromatic heterocycles. The highest BCUT2D eigenvalue weighted by molar-refractivity contribution is 5.97. The van der Waals surface area contributed by atoms with Crippen molar-refractivity contribution in [3.63, 3.8) is 0 Å². The standard InChI is InChI=1S/C19H30N6O2/c1-24(2)10-8-13-12-25(17-11-14(27-3)6-7-15(13)17)18(26)16(20)5-4-9-23-19(21)22/h6-7,11-12,16H,4-5,8-10,20H2,1-3H3,(H4,21,22,23)/t16-/m0/s1. The molecule has 0 amide bonds. The number of hydrogen-bond acceptors (Lipinski definition) is 5. The monoisotopic (exact) mass is 374 g/mol. The zero-order chi connectivity index (χ0) is 20.0. The average Bonchev–Trinajstić information content (AvgIpc) is 3.00. The molecule has 0 unspecified atom stereocenters. The van der Waals surface area contributed by atoms with Crippen LogP contribution >= 0.6 is 0 Å². The molecule has 0 aliphatic rings. The fraction of sp³-hybridized carbons (Fsp3) is 0.474. The Balaban J connectivity index is 2.23. The molecule has 1 aromatic carbocycles. The van der Waals surface area contributed by atoms with E-state index in [0.29, 0.717) is 25.1 Å². The molecule has 1 atom stereocenters. The van der Waals surface area contributed by atoms with Gasteiger partial charge in [-0.25, -0.2) is 0 Å². The fourth-order valence-corrected chi connectivity index (χ4v) is 2.98. The number of nitrogens with one attached hydrogen (secondary N) is 2. The minimum atomic E-state index is -0.623. The summed E-state index contributed by atoms with van der Waals surface area (Å²) in [5, 5.41) is 10.9. The first kappa shape index (κ1) is 20.7. The SMILES string of the molecule is COc1ccc2c(CCN(C)C)cn(C(=O)[C@@H](N)CCCNC(=N)N)c2c1. The molecular formula is C19H30N6O2. The summed E-state index contributed by atoms with van der Waals surface area (Å²) in [7, 11) is 5.66. The number of carbonyl (C=O) groups is 1. The molecule has 0 bridgehead atoms. The smallest absolute Gasteiger partial charge is 0.247 e. The van der Waals surface area contributed by atoms with Gasteiger partial charge in [-0.2, -0.15) is 0 Å². The maximum absolute atomic E-state index is 12.9. The minimum absolute atomic E-state index is 0.0797. The topological polar surface area (TPSA) is 122 Å². The van der Waals surface area contributed by atoms with Crippen molar-refractivity contribution in [3.8, 4) is 5.75 Å². The summed E-state index contributed by atoms with van der Waals surface area (Å²) in [5.74, 6) is 0.476. The van der Waals surface area contributed by atoms with Crippen molar-refractivity contribution < 1.29 is 9.53 Å². The number of hydrogen-bond donors (Lipinski definition) is 4. The zero-order valence-corrected chi connectivity index (χ0v) is 16.3. The van der Waals surface area contributed by atoms with Gasteiger partial charge in [0.05, 0.1) is 18.7 Å². The van der Waals surface area contributed by atoms with Gasteiger partial charge in [-0.05, 0) is 51.1 Å². The summed E-state index contributed by atoms with van der Waals surface area (Å²) in [5.41, 5.74) is 13.3. The molecule has 2 rings (SSSR count). The van der Waals surface area contributed by atoms with Crippen LogP contribution in [0.3, 0.4) is 0 Å². The molecular weight excluding hydrogens is 344 g/mol. The Labute approximate surface area is 159 Å². The summed E-state index contributed by atoms with van der Waals surface area (Å²) >= 11 is 0. The van der Waals surface area contributed by atoms with Crippen LogP contribution in [0.4, 0.5) is 0 Å². The first-order valence-corrected chi connectivity index (χ1v) is 9.04. The van der Waals surface area contributed by atoms with Crippen LogP contribution in [0.5, 0.6) is 5.75 Å². The lowest BCUT2D eigenvalue weighted by Gasteiger charge is -2.13. The van der Waals surface area contributed by atoms with E-state index < -0.39 is 6.04 Å². The van der Waals surface area contributed by atoms with Gasteiger partial charge in [0, 0.05) is 30.7 Å². The molecule has 8 nitrogen and oxygen atoms in total. The van der Waals surface area contributed by atoms with Crippen LogP contribution < -0.4 is 21.5 Å². The van der Waals surface area contributed by atoms with Gasteiger partial charge >= 0.3 is 0 Å². The minimum Gasteiger partial charge on any atom is -0.497 e. The largest absolute Gasteiger partial charge is 0.497 e. The van der Waals surface area contributed by atoms with Crippen molar-refractivity contribution >= 4 is 22.8 Å². The van der Waals surface area contributed by atoms with Crippen LogP contribution in [0.15, 0.2) is 24.4 Å². The number of rotatable bonds is 9. The molecule has 6 N–H and O–H groups in total. The highest BCUT2D eigenvalue weighted by atomic mass is 16.5. The van der Waals surface area contributed by atoms with Crippen molar-refractivity contribution in [1.29, 1.82) is 5.41 Å². The number of benzene rings is 1. The Kier molecular flexibility index (Phi) is 7.20. The lowest BCUT2D eigenvalue weighted by Crippen LogP contribution is -2.36. The number of aromatic nitrogens is 1. The van der Waals surface area contributed by atoms with Gasteiger partial charge in [-0.15, -0.1) is 0 Å². The van der Waals surface area contributed by atoms with Crippen LogP contribution in [-0.4, -0.2) is 61.7 Å². The van der Waals surface area contributed by atoms with Gasteiger partial charge in [0.15, 0.2) is 5.96 Å². The number of methoxy groups -OCH3 is 1. The van der Waals surface area contributed by atoms with Crippen molar-refractivity contribution in [1.82, 2.24) is 14.8 Å². The van der Waals surface area contributed by atoms with Gasteiger partial charge in [-0.1, -0.05) is 0 Å². The van der Waals surface area contributed by atoms with Crippen LogP contribution in [0.1, 0.15) is 23.2 Å². The van der Waals surface area contributed by atoms with E-state index in [9.17, 15) is 4.79 Å². The number of nitrogens with zero attached hydrogens (tertiary/aromatic N) is 2. The van der Waals surface area contributed by atoms with Crippen LogP contribution in [0.25, 0.3) is 10.9 Å². The fourth-order valence-electron chi connectivity index (χ4n) is 2.98. The van der Waals surface area contributed by atoms with E-state index in [0.717, 1.165) is 29.4 Å². The third-order valence-corrected chi connectivity index (χ3v) is 4.49. The number of ether oxygens (including phenoxy) is 1. The summed E-state index contributed by atoms with van der Waals surface area (Å²) in [6, 6.07) is 5.15. The van der Waals surface area contributed by atoms with Crippen molar-refractivity contribution in [3.05, 3.63) is 30.0 Å². The van der Waals surface area contributed by atoms with Gasteiger partial charge in [-0.3, -0.25) is 14.8 Å². The maximum Gasteiger partial charge on any atom is 0.247 e. The van der Waals surface area contributed by atoms with E-state index in [1.165, 1.54) is 0 Å². The Hall–Kier alpha value is -2.58. The number of fused-ring (bicyclic) bond motifs is 1. The van der Waals surface area contributed by atoms with Crippen molar-refractivity contribution in [2.45, 2.75) is 25.3 Å². The van der Waals surface area contributed by atoms with Crippen LogP contribution in [0.2, 0.25) is 0 Å². The highest BCUT2D eigenvalue weighted by Crippen LogP contribution is 2.27. The molecule has 27 heavy (non-hydrogen) atoms. The quantitative estimate of drug-likeness (QED) is 0.295. The summed E-state index contributed by atoms with van der Waals surface area (Å²) in [6.45, 7) is 1.41. The third kappa shape index (κ3) is 5.45. The molecule has 0 fully saturated rings. The van der Waals surface area contributed by atoms with E-state index >= 15 is 0 Å².